The van der Waals surface area contributed by atoms with Crippen molar-refractivity contribution in [2.24, 2.45) is 0 Å². The van der Waals surface area contributed by atoms with E-state index in [4.69, 9.17) is 23.8 Å². The average molecular weight is 411 g/mol. The average Bonchev–Trinajstić information content (AvgIpc) is 2.85. The number of carbonyl (C=O) groups is 1. The Morgan fingerprint density at radius 1 is 1.08 bits per heavy atom. The second kappa shape index (κ2) is 7.27. The van der Waals surface area contributed by atoms with E-state index in [9.17, 15) is 13.2 Å². The zero-order valence-corrected chi connectivity index (χ0v) is 15.8. The summed E-state index contributed by atoms with van der Waals surface area (Å²) in [6.45, 7) is 0. The second-order valence-electron chi connectivity index (χ2n) is 4.98. The molecule has 0 unspecified atom stereocenters. The number of carbonyl (C=O) groups excluding carboxylic acids is 1. The largest absolute Gasteiger partial charge is 0.307 e. The Labute approximate surface area is 159 Å². The van der Waals surface area contributed by atoms with Crippen LogP contribution in [-0.2, 0) is 10.0 Å². The summed E-state index contributed by atoms with van der Waals surface area (Å²) in [7, 11) is -3.90. The molecule has 1 saturated heterocycles. The molecule has 0 atom stereocenters. The van der Waals surface area contributed by atoms with Crippen LogP contribution in [0, 0.1) is 0 Å². The van der Waals surface area contributed by atoms with Crippen molar-refractivity contribution < 1.29 is 13.2 Å². The van der Waals surface area contributed by atoms with Crippen LogP contribution in [0.5, 0.6) is 0 Å². The van der Waals surface area contributed by atoms with Crippen molar-refractivity contribution in [2.45, 2.75) is 4.90 Å². The standard InChI is InChI=1S/C16H11ClN2O3S3/c17-12-8-6-11(7-9-12)10-14-15(23)19(16(20)24-14)18-25(21,22)13-4-2-1-3-5-13/h1-10,18H/b14-10+. The monoisotopic (exact) mass is 410 g/mol. The molecule has 2 aromatic carbocycles. The highest BCUT2D eigenvalue weighted by Crippen LogP contribution is 2.32. The number of nitrogens with zero attached hydrogens (tertiary/aromatic N) is 1. The van der Waals surface area contributed by atoms with Gasteiger partial charge in [-0.25, -0.2) is 13.4 Å². The van der Waals surface area contributed by atoms with Gasteiger partial charge in [-0.3, -0.25) is 4.79 Å². The van der Waals surface area contributed by atoms with Crippen LogP contribution in [0.15, 0.2) is 64.4 Å². The smallest absolute Gasteiger partial charge is 0.259 e. The number of thioether (sulfide) groups is 1. The Morgan fingerprint density at radius 3 is 2.36 bits per heavy atom. The van der Waals surface area contributed by atoms with E-state index >= 15 is 0 Å². The molecule has 0 aromatic heterocycles. The maximum atomic E-state index is 12.4. The molecule has 0 spiro atoms. The van der Waals surface area contributed by atoms with Crippen LogP contribution >= 0.6 is 35.6 Å². The number of amides is 1. The van der Waals surface area contributed by atoms with E-state index in [1.54, 1.807) is 48.5 Å². The van der Waals surface area contributed by atoms with Crippen LogP contribution in [-0.4, -0.2) is 23.7 Å². The number of sulfonamides is 1. The van der Waals surface area contributed by atoms with E-state index in [1.807, 2.05) is 0 Å². The molecule has 0 aliphatic carbocycles. The van der Waals surface area contributed by atoms with Crippen molar-refractivity contribution in [2.75, 3.05) is 0 Å². The molecule has 1 amide bonds. The molecule has 9 heteroatoms. The number of hydrogen-bond acceptors (Lipinski definition) is 5. The van der Waals surface area contributed by atoms with E-state index in [0.29, 0.717) is 9.93 Å². The quantitative estimate of drug-likeness (QED) is 0.607. The third-order valence-corrected chi connectivity index (χ3v) is 6.21. The highest BCUT2D eigenvalue weighted by molar-refractivity contribution is 8.19. The van der Waals surface area contributed by atoms with Crippen LogP contribution in [0.25, 0.3) is 6.08 Å². The normalized spacial score (nSPS) is 16.7. The van der Waals surface area contributed by atoms with Crippen LogP contribution in [0.2, 0.25) is 5.02 Å². The molecule has 1 aliphatic heterocycles. The van der Waals surface area contributed by atoms with Gasteiger partial charge in [-0.1, -0.05) is 54.2 Å². The highest BCUT2D eigenvalue weighted by Gasteiger charge is 2.35. The first-order valence-electron chi connectivity index (χ1n) is 6.98. The van der Waals surface area contributed by atoms with Crippen molar-refractivity contribution in [3.63, 3.8) is 0 Å². The van der Waals surface area contributed by atoms with Crippen LogP contribution in [0.3, 0.4) is 0 Å². The molecule has 0 bridgehead atoms. The summed E-state index contributed by atoms with van der Waals surface area (Å²) in [5.41, 5.74) is 0.801. The van der Waals surface area contributed by atoms with Gasteiger partial charge in [0.05, 0.1) is 9.80 Å². The lowest BCUT2D eigenvalue weighted by atomic mass is 10.2. The summed E-state index contributed by atoms with van der Waals surface area (Å²) in [6, 6.07) is 14.8. The highest BCUT2D eigenvalue weighted by atomic mass is 35.5. The number of halogens is 1. The zero-order chi connectivity index (χ0) is 18.0. The van der Waals surface area contributed by atoms with E-state index in [1.165, 1.54) is 12.1 Å². The summed E-state index contributed by atoms with van der Waals surface area (Å²) < 4.78 is 24.7. The van der Waals surface area contributed by atoms with Gasteiger partial charge in [0, 0.05) is 5.02 Å². The van der Waals surface area contributed by atoms with Gasteiger partial charge in [0.15, 0.2) is 0 Å². The van der Waals surface area contributed by atoms with E-state index in [0.717, 1.165) is 22.3 Å². The van der Waals surface area contributed by atoms with E-state index in [2.05, 4.69) is 4.83 Å². The molecule has 25 heavy (non-hydrogen) atoms. The molecule has 1 fully saturated rings. The van der Waals surface area contributed by atoms with Crippen molar-refractivity contribution in [1.82, 2.24) is 9.84 Å². The lowest BCUT2D eigenvalue weighted by molar-refractivity contribution is 0.241. The van der Waals surface area contributed by atoms with Crippen LogP contribution in [0.1, 0.15) is 5.56 Å². The second-order valence-corrected chi connectivity index (χ2v) is 8.45. The van der Waals surface area contributed by atoms with E-state index < -0.39 is 15.3 Å². The SMILES string of the molecule is O=C1S/C(=C/c2ccc(Cl)cc2)C(=S)N1NS(=O)(=O)c1ccccc1. The van der Waals surface area contributed by atoms with Crippen molar-refractivity contribution >= 4 is 61.9 Å². The number of hydrogen-bond donors (Lipinski definition) is 1. The Balaban J connectivity index is 1.83. The molecule has 128 valence electrons. The minimum absolute atomic E-state index is 0.0470. The zero-order valence-electron chi connectivity index (χ0n) is 12.5. The molecule has 1 aliphatic rings. The first-order valence-corrected chi connectivity index (χ1v) is 10.1. The molecule has 0 saturated carbocycles. The number of rotatable bonds is 4. The van der Waals surface area contributed by atoms with Crippen LogP contribution < -0.4 is 4.83 Å². The molecule has 0 radical (unpaired) electrons. The lowest BCUT2D eigenvalue weighted by Gasteiger charge is -2.16. The summed E-state index contributed by atoms with van der Waals surface area (Å²) in [6.07, 6.45) is 1.71. The third-order valence-electron chi connectivity index (χ3n) is 3.23. The topological polar surface area (TPSA) is 66.5 Å². The summed E-state index contributed by atoms with van der Waals surface area (Å²) in [5, 5.41) is 0.950. The van der Waals surface area contributed by atoms with Crippen molar-refractivity contribution in [3.8, 4) is 0 Å². The summed E-state index contributed by atoms with van der Waals surface area (Å²) in [5.74, 6) is 0. The number of thiocarbonyl (C=S) groups is 1. The fraction of sp³-hybridized carbons (Fsp3) is 0. The first kappa shape index (κ1) is 18.1. The molecule has 3 rings (SSSR count). The van der Waals surface area contributed by atoms with Gasteiger partial charge >= 0.3 is 5.24 Å². The Bertz CT molecular complexity index is 958. The third kappa shape index (κ3) is 4.10. The molecular formula is C16H11ClN2O3S3. The first-order chi connectivity index (χ1) is 11.9. The molecular weight excluding hydrogens is 400 g/mol. The molecule has 5 nitrogen and oxygen atoms in total. The van der Waals surface area contributed by atoms with Crippen molar-refractivity contribution in [1.29, 1.82) is 0 Å². The predicted octanol–water partition coefficient (Wildman–Crippen LogP) is 4.07. The molecule has 2 aromatic rings. The van der Waals surface area contributed by atoms with Crippen LogP contribution in [0.4, 0.5) is 4.79 Å². The number of benzene rings is 2. The van der Waals surface area contributed by atoms with Crippen molar-refractivity contribution in [3.05, 3.63) is 70.1 Å². The summed E-state index contributed by atoms with van der Waals surface area (Å²) in [4.78, 5) is 15.0. The van der Waals surface area contributed by atoms with Gasteiger partial charge in [-0.2, -0.15) is 0 Å². The Hall–Kier alpha value is -1.71. The van der Waals surface area contributed by atoms with Gasteiger partial charge in [-0.05, 0) is 47.7 Å². The number of nitrogens with one attached hydrogen (secondary N) is 1. The van der Waals surface area contributed by atoms with Gasteiger partial charge in [-0.15, -0.1) is 4.83 Å². The maximum absolute atomic E-state index is 12.4. The van der Waals surface area contributed by atoms with Gasteiger partial charge < -0.3 is 0 Å². The minimum atomic E-state index is -3.90. The predicted molar refractivity (Wildman–Crippen MR) is 104 cm³/mol. The van der Waals surface area contributed by atoms with Gasteiger partial charge in [0.1, 0.15) is 4.99 Å². The lowest BCUT2D eigenvalue weighted by Crippen LogP contribution is -2.44. The molecule has 1 N–H and O–H groups in total. The Kier molecular flexibility index (Phi) is 5.26. The Morgan fingerprint density at radius 2 is 1.72 bits per heavy atom. The van der Waals surface area contributed by atoms with Gasteiger partial charge in [0.2, 0.25) is 0 Å². The van der Waals surface area contributed by atoms with E-state index in [-0.39, 0.29) is 9.88 Å². The fourth-order valence-electron chi connectivity index (χ4n) is 2.03. The minimum Gasteiger partial charge on any atom is -0.259 e. The summed E-state index contributed by atoms with van der Waals surface area (Å²) >= 11 is 12.0. The molecule has 1 heterocycles. The maximum Gasteiger partial charge on any atom is 0.307 e. The van der Waals surface area contributed by atoms with Gasteiger partial charge in [0.25, 0.3) is 10.0 Å². The fourth-order valence-corrected chi connectivity index (χ4v) is 4.47. The number of hydrazine groups is 1.